The average molecular weight is 487 g/mol. The third-order valence-electron chi connectivity index (χ3n) is 4.37. The zero-order valence-electron chi connectivity index (χ0n) is 17.7. The van der Waals surface area contributed by atoms with Crippen LogP contribution in [0.2, 0.25) is 10.0 Å². The van der Waals surface area contributed by atoms with Crippen molar-refractivity contribution in [1.29, 1.82) is 0 Å². The number of hydrogen-bond donors (Lipinski definition) is 1. The lowest BCUT2D eigenvalue weighted by atomic mass is 10.2. The quantitative estimate of drug-likeness (QED) is 0.206. The van der Waals surface area contributed by atoms with Crippen LogP contribution in [0.5, 0.6) is 17.2 Å². The van der Waals surface area contributed by atoms with Crippen LogP contribution in [-0.2, 0) is 4.79 Å². The maximum Gasteiger partial charge on any atom is 0.345 e. The second-order valence-corrected chi connectivity index (χ2v) is 7.57. The van der Waals surface area contributed by atoms with Crippen molar-refractivity contribution in [1.82, 2.24) is 5.43 Å². The van der Waals surface area contributed by atoms with E-state index in [0.29, 0.717) is 22.1 Å². The van der Waals surface area contributed by atoms with Crippen LogP contribution in [0.3, 0.4) is 0 Å². The third-order valence-corrected chi connectivity index (χ3v) is 4.95. The number of nitrogens with one attached hydrogen (secondary N) is 1. The minimum atomic E-state index is -0.774. The van der Waals surface area contributed by atoms with E-state index in [9.17, 15) is 9.59 Å². The van der Waals surface area contributed by atoms with Gasteiger partial charge < -0.3 is 14.2 Å². The molecule has 0 aromatic heterocycles. The van der Waals surface area contributed by atoms with E-state index in [2.05, 4.69) is 10.5 Å². The number of amides is 1. The van der Waals surface area contributed by atoms with Crippen LogP contribution < -0.4 is 19.6 Å². The number of benzene rings is 3. The molecule has 3 rings (SSSR count). The van der Waals surface area contributed by atoms with E-state index in [-0.39, 0.29) is 16.3 Å². The van der Waals surface area contributed by atoms with Crippen LogP contribution in [0.25, 0.3) is 0 Å². The molecule has 0 heterocycles. The van der Waals surface area contributed by atoms with E-state index in [4.69, 9.17) is 37.4 Å². The molecule has 0 unspecified atom stereocenters. The number of esters is 1. The van der Waals surface area contributed by atoms with Gasteiger partial charge in [0.2, 0.25) is 0 Å². The monoisotopic (exact) mass is 486 g/mol. The van der Waals surface area contributed by atoms with Crippen molar-refractivity contribution in [3.63, 3.8) is 0 Å². The van der Waals surface area contributed by atoms with Crippen LogP contribution in [-0.4, -0.2) is 31.3 Å². The van der Waals surface area contributed by atoms with E-state index in [1.165, 1.54) is 13.3 Å². The number of rotatable bonds is 8. The summed E-state index contributed by atoms with van der Waals surface area (Å²) in [5.74, 6) is -0.00267. The number of hydrazone groups is 1. The van der Waals surface area contributed by atoms with E-state index in [1.54, 1.807) is 73.7 Å². The molecule has 3 aromatic rings. The van der Waals surface area contributed by atoms with Crippen molar-refractivity contribution in [3.05, 3.63) is 87.9 Å². The topological polar surface area (TPSA) is 86.2 Å². The summed E-state index contributed by atoms with van der Waals surface area (Å²) in [6.07, 6.45) is 0.652. The first-order valence-corrected chi connectivity index (χ1v) is 10.5. The van der Waals surface area contributed by atoms with Gasteiger partial charge in [-0.1, -0.05) is 35.3 Å². The van der Waals surface area contributed by atoms with Gasteiger partial charge in [0, 0.05) is 5.02 Å². The smallest absolute Gasteiger partial charge is 0.345 e. The zero-order chi connectivity index (χ0) is 23.8. The minimum absolute atomic E-state index is 0.216. The fourth-order valence-corrected chi connectivity index (χ4v) is 3.00. The first-order chi connectivity index (χ1) is 15.9. The Balaban J connectivity index is 1.60. The average Bonchev–Trinajstić information content (AvgIpc) is 2.81. The van der Waals surface area contributed by atoms with Gasteiger partial charge >= 0.3 is 5.97 Å². The fraction of sp³-hybridized carbons (Fsp3) is 0.125. The summed E-state index contributed by atoms with van der Waals surface area (Å²) < 4.78 is 16.3. The minimum Gasteiger partial charge on any atom is -0.493 e. The second kappa shape index (κ2) is 11.4. The van der Waals surface area contributed by atoms with Gasteiger partial charge in [-0.05, 0) is 67.1 Å². The molecule has 1 N–H and O–H groups in total. The standard InChI is InChI=1S/C24H20Cl2N2O5/c1-15(32-18-10-8-17(25)9-11-18)23(29)28-27-14-16-7-12-21(22(13-16)31-2)33-24(30)19-5-3-4-6-20(19)26/h3-15H,1-2H3,(H,28,29)/b27-14-/t15-/m0/s1. The highest BCUT2D eigenvalue weighted by atomic mass is 35.5. The van der Waals surface area contributed by atoms with Crippen molar-refractivity contribution in [2.75, 3.05) is 7.11 Å². The summed E-state index contributed by atoms with van der Waals surface area (Å²) >= 11 is 11.9. The first kappa shape index (κ1) is 24.1. The van der Waals surface area contributed by atoms with Gasteiger partial charge in [0.05, 0.1) is 23.9 Å². The number of carbonyl (C=O) groups excluding carboxylic acids is 2. The van der Waals surface area contributed by atoms with Crippen molar-refractivity contribution in [3.8, 4) is 17.2 Å². The second-order valence-electron chi connectivity index (χ2n) is 6.73. The molecule has 1 amide bonds. The van der Waals surface area contributed by atoms with Gasteiger partial charge in [0.15, 0.2) is 17.6 Å². The van der Waals surface area contributed by atoms with E-state index < -0.39 is 18.0 Å². The van der Waals surface area contributed by atoms with E-state index in [1.807, 2.05) is 0 Å². The zero-order valence-corrected chi connectivity index (χ0v) is 19.3. The fourth-order valence-electron chi connectivity index (χ4n) is 2.66. The maximum absolute atomic E-state index is 12.4. The van der Waals surface area contributed by atoms with Gasteiger partial charge in [0.25, 0.3) is 5.91 Å². The van der Waals surface area contributed by atoms with Gasteiger partial charge in [-0.2, -0.15) is 5.10 Å². The summed E-state index contributed by atoms with van der Waals surface area (Å²) in [6.45, 7) is 1.60. The number of nitrogens with zero attached hydrogens (tertiary/aromatic N) is 1. The number of methoxy groups -OCH3 is 1. The Hall–Kier alpha value is -3.55. The van der Waals surface area contributed by atoms with Crippen LogP contribution in [0.4, 0.5) is 0 Å². The lowest BCUT2D eigenvalue weighted by Gasteiger charge is -2.13. The number of halogens is 2. The summed E-state index contributed by atoms with van der Waals surface area (Å²) in [5.41, 5.74) is 3.26. The predicted octanol–water partition coefficient (Wildman–Crippen LogP) is 5.14. The largest absolute Gasteiger partial charge is 0.493 e. The summed E-state index contributed by atoms with van der Waals surface area (Å²) in [7, 11) is 1.45. The van der Waals surface area contributed by atoms with Crippen LogP contribution >= 0.6 is 23.2 Å². The Bertz CT molecular complexity index is 1170. The molecule has 0 aliphatic carbocycles. The van der Waals surface area contributed by atoms with E-state index in [0.717, 1.165) is 0 Å². The molecule has 3 aromatic carbocycles. The molecule has 0 aliphatic rings. The molecule has 0 saturated carbocycles. The maximum atomic E-state index is 12.4. The Morgan fingerprint density at radius 3 is 2.42 bits per heavy atom. The Kier molecular flexibility index (Phi) is 8.29. The van der Waals surface area contributed by atoms with Crippen molar-refractivity contribution in [2.45, 2.75) is 13.0 Å². The lowest BCUT2D eigenvalue weighted by molar-refractivity contribution is -0.127. The lowest BCUT2D eigenvalue weighted by Crippen LogP contribution is -2.33. The molecule has 170 valence electrons. The molecule has 0 aliphatic heterocycles. The highest BCUT2D eigenvalue weighted by molar-refractivity contribution is 6.33. The molecule has 0 spiro atoms. The molecule has 0 fully saturated rings. The van der Waals surface area contributed by atoms with Gasteiger partial charge in [-0.15, -0.1) is 0 Å². The Morgan fingerprint density at radius 2 is 1.73 bits per heavy atom. The Morgan fingerprint density at radius 1 is 1.00 bits per heavy atom. The molecular weight excluding hydrogens is 467 g/mol. The molecule has 9 heteroatoms. The van der Waals surface area contributed by atoms with Crippen LogP contribution in [0.15, 0.2) is 71.8 Å². The molecule has 0 bridgehead atoms. The van der Waals surface area contributed by atoms with Gasteiger partial charge in [-0.25, -0.2) is 10.2 Å². The number of hydrogen-bond acceptors (Lipinski definition) is 6. The predicted molar refractivity (Wildman–Crippen MR) is 127 cm³/mol. The third kappa shape index (κ3) is 6.71. The highest BCUT2D eigenvalue weighted by Crippen LogP contribution is 2.29. The number of ether oxygens (including phenoxy) is 3. The summed E-state index contributed by atoms with van der Waals surface area (Å²) in [6, 6.07) is 18.1. The van der Waals surface area contributed by atoms with Crippen LogP contribution in [0.1, 0.15) is 22.8 Å². The van der Waals surface area contributed by atoms with Crippen LogP contribution in [0, 0.1) is 0 Å². The summed E-state index contributed by atoms with van der Waals surface area (Å²) in [4.78, 5) is 24.6. The normalized spacial score (nSPS) is 11.6. The van der Waals surface area contributed by atoms with Crippen molar-refractivity contribution >= 4 is 41.3 Å². The van der Waals surface area contributed by atoms with Gasteiger partial charge in [-0.3, -0.25) is 4.79 Å². The van der Waals surface area contributed by atoms with E-state index >= 15 is 0 Å². The van der Waals surface area contributed by atoms with Gasteiger partial charge in [0.1, 0.15) is 5.75 Å². The Labute approximate surface area is 200 Å². The molecular formula is C24H20Cl2N2O5. The summed E-state index contributed by atoms with van der Waals surface area (Å²) in [5, 5.41) is 4.80. The molecule has 7 nitrogen and oxygen atoms in total. The van der Waals surface area contributed by atoms with Crippen molar-refractivity contribution < 1.29 is 23.8 Å². The molecule has 33 heavy (non-hydrogen) atoms. The number of carbonyl (C=O) groups is 2. The first-order valence-electron chi connectivity index (χ1n) is 9.77. The molecule has 0 saturated heterocycles. The molecule has 0 radical (unpaired) electrons. The molecule has 1 atom stereocenters. The SMILES string of the molecule is COc1cc(/C=N\NC(=O)[C@H](C)Oc2ccc(Cl)cc2)ccc1OC(=O)c1ccccc1Cl. The van der Waals surface area contributed by atoms with Crippen molar-refractivity contribution in [2.24, 2.45) is 5.10 Å². The highest BCUT2D eigenvalue weighted by Gasteiger charge is 2.16.